The first kappa shape index (κ1) is 13.9. The van der Waals surface area contributed by atoms with Crippen LogP contribution in [0.15, 0.2) is 6.20 Å². The van der Waals surface area contributed by atoms with Crippen molar-refractivity contribution >= 4 is 29.2 Å². The molecule has 1 aliphatic rings. The van der Waals surface area contributed by atoms with Crippen LogP contribution in [0.2, 0.25) is 0 Å². The first-order chi connectivity index (χ1) is 9.20. The lowest BCUT2D eigenvalue weighted by atomic mass is 10.0. The number of hydrogen-bond acceptors (Lipinski definition) is 7. The van der Waals surface area contributed by atoms with Crippen LogP contribution in [0.3, 0.4) is 0 Å². The topological polar surface area (TPSA) is 93.0 Å². The molecule has 104 valence electrons. The van der Waals surface area contributed by atoms with Crippen LogP contribution >= 0.6 is 11.8 Å². The summed E-state index contributed by atoms with van der Waals surface area (Å²) in [4.78, 5) is 18.5. The molecule has 1 aromatic heterocycles. The van der Waals surface area contributed by atoms with Crippen molar-refractivity contribution in [2.75, 3.05) is 35.7 Å². The zero-order chi connectivity index (χ0) is 13.7. The summed E-state index contributed by atoms with van der Waals surface area (Å²) in [5, 5.41) is 16.8. The average Bonchev–Trinajstić information content (AvgIpc) is 2.45. The van der Waals surface area contributed by atoms with E-state index in [2.05, 4.69) is 20.6 Å². The molecule has 0 saturated carbocycles. The number of nitrogens with zero attached hydrogens (tertiary/aromatic N) is 3. The maximum absolute atomic E-state index is 10.9. The van der Waals surface area contributed by atoms with E-state index in [-0.39, 0.29) is 5.69 Å². The minimum Gasteiger partial charge on any atom is -0.364 e. The number of nitrogens with one attached hydrogen (secondary N) is 2. The van der Waals surface area contributed by atoms with Gasteiger partial charge in [-0.2, -0.15) is 16.7 Å². The number of thioether (sulfide) groups is 1. The van der Waals surface area contributed by atoms with Crippen LogP contribution in [-0.4, -0.2) is 40.0 Å². The summed E-state index contributed by atoms with van der Waals surface area (Å²) in [6, 6.07) is 0. The lowest BCUT2D eigenvalue weighted by Gasteiger charge is -2.21. The van der Waals surface area contributed by atoms with E-state index in [1.54, 1.807) is 7.05 Å². The molecule has 8 heteroatoms. The summed E-state index contributed by atoms with van der Waals surface area (Å²) in [5.41, 5.74) is -0.0795. The highest BCUT2D eigenvalue weighted by Gasteiger charge is 2.19. The fourth-order valence-electron chi connectivity index (χ4n) is 1.95. The molecule has 0 spiro atoms. The molecule has 0 radical (unpaired) electrons. The summed E-state index contributed by atoms with van der Waals surface area (Å²) in [7, 11) is 1.68. The molecule has 0 aromatic carbocycles. The number of hydrogen-bond donors (Lipinski definition) is 2. The Morgan fingerprint density at radius 3 is 2.89 bits per heavy atom. The fourth-order valence-corrected chi connectivity index (χ4v) is 3.16. The van der Waals surface area contributed by atoms with Crippen LogP contribution in [-0.2, 0) is 0 Å². The van der Waals surface area contributed by atoms with Gasteiger partial charge in [0.25, 0.3) is 0 Å². The second-order valence-corrected chi connectivity index (χ2v) is 5.60. The van der Waals surface area contributed by atoms with Gasteiger partial charge in [0.05, 0.1) is 4.92 Å². The molecule has 0 atom stereocenters. The van der Waals surface area contributed by atoms with Crippen molar-refractivity contribution in [3.8, 4) is 0 Å². The number of aromatic nitrogens is 2. The van der Waals surface area contributed by atoms with E-state index in [1.807, 2.05) is 11.8 Å². The number of rotatable bonds is 5. The van der Waals surface area contributed by atoms with Crippen molar-refractivity contribution in [1.82, 2.24) is 9.97 Å². The first-order valence-electron chi connectivity index (χ1n) is 6.21. The van der Waals surface area contributed by atoms with Crippen molar-refractivity contribution in [3.05, 3.63) is 16.3 Å². The Morgan fingerprint density at radius 1 is 1.53 bits per heavy atom. The monoisotopic (exact) mass is 283 g/mol. The Labute approximate surface area is 115 Å². The Bertz CT molecular complexity index is 451. The summed E-state index contributed by atoms with van der Waals surface area (Å²) >= 11 is 1.96. The van der Waals surface area contributed by atoms with Gasteiger partial charge in [0, 0.05) is 13.6 Å². The highest BCUT2D eigenvalue weighted by molar-refractivity contribution is 7.99. The van der Waals surface area contributed by atoms with E-state index < -0.39 is 4.92 Å². The molecule has 1 fully saturated rings. The Morgan fingerprint density at radius 2 is 2.26 bits per heavy atom. The molecule has 2 heterocycles. The summed E-state index contributed by atoms with van der Waals surface area (Å²) < 4.78 is 0. The van der Waals surface area contributed by atoms with E-state index in [0.29, 0.717) is 17.7 Å². The van der Waals surface area contributed by atoms with E-state index in [4.69, 9.17) is 0 Å². The Balaban J connectivity index is 2.06. The molecule has 2 rings (SSSR count). The lowest BCUT2D eigenvalue weighted by molar-refractivity contribution is -0.384. The molecule has 0 unspecified atom stereocenters. The van der Waals surface area contributed by atoms with Crippen LogP contribution < -0.4 is 10.6 Å². The molecule has 0 aliphatic carbocycles. The number of nitro groups is 1. The first-order valence-corrected chi connectivity index (χ1v) is 7.37. The van der Waals surface area contributed by atoms with Gasteiger partial charge < -0.3 is 10.6 Å². The molecule has 2 N–H and O–H groups in total. The van der Waals surface area contributed by atoms with Gasteiger partial charge in [-0.3, -0.25) is 10.1 Å². The fraction of sp³-hybridized carbons (Fsp3) is 0.636. The van der Waals surface area contributed by atoms with Gasteiger partial charge in [0.1, 0.15) is 6.20 Å². The third kappa shape index (κ3) is 3.69. The Hall–Kier alpha value is -1.57. The van der Waals surface area contributed by atoms with Crippen molar-refractivity contribution < 1.29 is 4.92 Å². The van der Waals surface area contributed by atoms with Crippen molar-refractivity contribution in [2.45, 2.75) is 12.8 Å². The summed E-state index contributed by atoms with van der Waals surface area (Å²) in [6.07, 6.45) is 3.53. The molecule has 7 nitrogen and oxygen atoms in total. The average molecular weight is 283 g/mol. The van der Waals surface area contributed by atoms with Crippen LogP contribution in [0.25, 0.3) is 0 Å². The van der Waals surface area contributed by atoms with Gasteiger partial charge >= 0.3 is 5.69 Å². The third-order valence-corrected chi connectivity index (χ3v) is 4.14. The van der Waals surface area contributed by atoms with E-state index >= 15 is 0 Å². The SMILES string of the molecule is CNc1ncc([N+](=O)[O-])c(NCC2CCSCC2)n1. The van der Waals surface area contributed by atoms with Gasteiger partial charge in [-0.1, -0.05) is 0 Å². The predicted molar refractivity (Wildman–Crippen MR) is 76.8 cm³/mol. The van der Waals surface area contributed by atoms with Gasteiger partial charge in [-0.15, -0.1) is 0 Å². The number of anilines is 2. The third-order valence-electron chi connectivity index (χ3n) is 3.09. The molecule has 0 bridgehead atoms. The van der Waals surface area contributed by atoms with E-state index in [1.165, 1.54) is 17.7 Å². The highest BCUT2D eigenvalue weighted by atomic mass is 32.2. The molecule has 1 saturated heterocycles. The summed E-state index contributed by atoms with van der Waals surface area (Å²) in [6.45, 7) is 0.724. The Kier molecular flexibility index (Phi) is 4.78. The molecule has 1 aliphatic heterocycles. The predicted octanol–water partition coefficient (Wildman–Crippen LogP) is 1.98. The van der Waals surface area contributed by atoms with Gasteiger partial charge in [-0.05, 0) is 30.3 Å². The minimum atomic E-state index is -0.460. The molecule has 19 heavy (non-hydrogen) atoms. The van der Waals surface area contributed by atoms with E-state index in [0.717, 1.165) is 19.4 Å². The van der Waals surface area contributed by atoms with Crippen LogP contribution in [0.4, 0.5) is 17.5 Å². The van der Waals surface area contributed by atoms with Gasteiger partial charge in [-0.25, -0.2) is 4.98 Å². The molecular formula is C11H17N5O2S. The minimum absolute atomic E-state index is 0.0795. The molecule has 0 amide bonds. The van der Waals surface area contributed by atoms with E-state index in [9.17, 15) is 10.1 Å². The van der Waals surface area contributed by atoms with Crippen molar-refractivity contribution in [3.63, 3.8) is 0 Å². The lowest BCUT2D eigenvalue weighted by Crippen LogP contribution is -2.20. The largest absolute Gasteiger partial charge is 0.364 e. The smallest absolute Gasteiger partial charge is 0.329 e. The highest BCUT2D eigenvalue weighted by Crippen LogP contribution is 2.25. The molecule has 1 aromatic rings. The van der Waals surface area contributed by atoms with Crippen LogP contribution in [0.5, 0.6) is 0 Å². The van der Waals surface area contributed by atoms with Crippen molar-refractivity contribution in [2.24, 2.45) is 5.92 Å². The standard InChI is InChI=1S/C11H17N5O2S/c1-12-11-14-7-9(16(17)18)10(15-11)13-6-8-2-4-19-5-3-8/h7-8H,2-6H2,1H3,(H2,12,13,14,15). The van der Waals surface area contributed by atoms with Gasteiger partial charge in [0.15, 0.2) is 0 Å². The normalized spacial score (nSPS) is 16.1. The van der Waals surface area contributed by atoms with Crippen LogP contribution in [0.1, 0.15) is 12.8 Å². The maximum atomic E-state index is 10.9. The zero-order valence-electron chi connectivity index (χ0n) is 10.8. The van der Waals surface area contributed by atoms with Crippen molar-refractivity contribution in [1.29, 1.82) is 0 Å². The maximum Gasteiger partial charge on any atom is 0.329 e. The molecular weight excluding hydrogens is 266 g/mol. The van der Waals surface area contributed by atoms with Crippen LogP contribution in [0, 0.1) is 16.0 Å². The zero-order valence-corrected chi connectivity index (χ0v) is 11.6. The quantitative estimate of drug-likeness (QED) is 0.630. The second-order valence-electron chi connectivity index (χ2n) is 4.37. The van der Waals surface area contributed by atoms with Gasteiger partial charge in [0.2, 0.25) is 11.8 Å². The summed E-state index contributed by atoms with van der Waals surface area (Å²) in [5.74, 6) is 3.57. The second kappa shape index (κ2) is 6.55.